The topological polar surface area (TPSA) is 93.7 Å². The van der Waals surface area contributed by atoms with Crippen LogP contribution in [0.25, 0.3) is 0 Å². The lowest BCUT2D eigenvalue weighted by molar-refractivity contribution is -0.109. The van der Waals surface area contributed by atoms with Crippen LogP contribution in [0.3, 0.4) is 0 Å². The first-order valence-electron chi connectivity index (χ1n) is 12.4. The van der Waals surface area contributed by atoms with Gasteiger partial charge in [0.25, 0.3) is 0 Å². The molecule has 2 saturated carbocycles. The second kappa shape index (κ2) is 10.8. The molecule has 0 bridgehead atoms. The minimum absolute atomic E-state index is 0.0207. The highest BCUT2D eigenvalue weighted by atomic mass is 32.2. The Morgan fingerprint density at radius 2 is 1.85 bits per heavy atom. The fourth-order valence-electron chi connectivity index (χ4n) is 5.28. The van der Waals surface area contributed by atoms with E-state index in [1.54, 1.807) is 0 Å². The van der Waals surface area contributed by atoms with Crippen molar-refractivity contribution in [1.29, 1.82) is 0 Å². The molecule has 1 aromatic carbocycles. The van der Waals surface area contributed by atoms with Crippen molar-refractivity contribution in [1.82, 2.24) is 10.0 Å². The highest BCUT2D eigenvalue weighted by Crippen LogP contribution is 2.41. The molecule has 4 rings (SSSR count). The van der Waals surface area contributed by atoms with Crippen LogP contribution in [0.5, 0.6) is 5.75 Å². The summed E-state index contributed by atoms with van der Waals surface area (Å²) >= 11 is 0. The lowest BCUT2D eigenvalue weighted by atomic mass is 9.80. The van der Waals surface area contributed by atoms with Crippen molar-refractivity contribution in [2.45, 2.75) is 94.6 Å². The Labute approximate surface area is 198 Å². The fraction of sp³-hybridized carbons (Fsp3) is 0.720. The number of hydrogen-bond acceptors (Lipinski definition) is 6. The standard InChI is InChI=1S/C25H38N2O5S/c1-17-5-12-24(31-15-14-28)25(18(17)2)19-6-8-20(9-7-19)32-16-23-22(4-3-13-26-23)27-33(29,30)21-10-11-21/h5,12,14,19-23,26-27H,3-4,6-11,13,15-16H2,1-2H3/t19?,20?,22-,23-/m0/s1. The summed E-state index contributed by atoms with van der Waals surface area (Å²) in [6.45, 7) is 5.76. The van der Waals surface area contributed by atoms with Crippen molar-refractivity contribution in [3.63, 3.8) is 0 Å². The largest absolute Gasteiger partial charge is 0.486 e. The molecule has 2 atom stereocenters. The van der Waals surface area contributed by atoms with Gasteiger partial charge in [-0.2, -0.15) is 0 Å². The molecule has 33 heavy (non-hydrogen) atoms. The molecule has 184 valence electrons. The van der Waals surface area contributed by atoms with Crippen molar-refractivity contribution in [2.75, 3.05) is 19.8 Å². The lowest BCUT2D eigenvalue weighted by Crippen LogP contribution is -2.56. The van der Waals surface area contributed by atoms with Crippen LogP contribution in [0.4, 0.5) is 0 Å². The van der Waals surface area contributed by atoms with Crippen LogP contribution < -0.4 is 14.8 Å². The van der Waals surface area contributed by atoms with E-state index in [0.29, 0.717) is 12.5 Å². The smallest absolute Gasteiger partial charge is 0.214 e. The molecule has 8 heteroatoms. The van der Waals surface area contributed by atoms with E-state index in [9.17, 15) is 13.2 Å². The summed E-state index contributed by atoms with van der Waals surface area (Å²) in [6, 6.07) is 3.97. The summed E-state index contributed by atoms with van der Waals surface area (Å²) in [4.78, 5) is 10.8. The number of sulfonamides is 1. The number of ether oxygens (including phenoxy) is 2. The van der Waals surface area contributed by atoms with Gasteiger partial charge in [-0.15, -0.1) is 0 Å². The summed E-state index contributed by atoms with van der Waals surface area (Å²) in [5.41, 5.74) is 3.73. The van der Waals surface area contributed by atoms with Crippen molar-refractivity contribution < 1.29 is 22.7 Å². The minimum Gasteiger partial charge on any atom is -0.486 e. The maximum absolute atomic E-state index is 12.4. The Morgan fingerprint density at radius 3 is 2.55 bits per heavy atom. The van der Waals surface area contributed by atoms with Gasteiger partial charge in [0, 0.05) is 17.6 Å². The quantitative estimate of drug-likeness (QED) is 0.502. The van der Waals surface area contributed by atoms with Gasteiger partial charge in [0.2, 0.25) is 10.0 Å². The number of aldehydes is 1. The van der Waals surface area contributed by atoms with Crippen LogP contribution in [0, 0.1) is 13.8 Å². The first-order valence-corrected chi connectivity index (χ1v) is 14.0. The molecule has 1 aromatic rings. The fourth-order valence-corrected chi connectivity index (χ4v) is 6.94. The van der Waals surface area contributed by atoms with Crippen LogP contribution >= 0.6 is 0 Å². The van der Waals surface area contributed by atoms with Gasteiger partial charge in [-0.1, -0.05) is 6.07 Å². The molecule has 0 amide bonds. The first kappa shape index (κ1) is 24.6. The third-order valence-electron chi connectivity index (χ3n) is 7.51. The van der Waals surface area contributed by atoms with Crippen molar-refractivity contribution >= 4 is 16.3 Å². The van der Waals surface area contributed by atoms with Crippen molar-refractivity contribution in [3.05, 3.63) is 28.8 Å². The van der Waals surface area contributed by atoms with E-state index in [4.69, 9.17) is 9.47 Å². The van der Waals surface area contributed by atoms with E-state index < -0.39 is 10.0 Å². The normalized spacial score (nSPS) is 28.4. The Balaban J connectivity index is 1.31. The number of rotatable bonds is 10. The van der Waals surface area contributed by atoms with Crippen LogP contribution in [-0.4, -0.2) is 57.9 Å². The number of hydrogen-bond donors (Lipinski definition) is 2. The highest BCUT2D eigenvalue weighted by molar-refractivity contribution is 7.90. The first-order chi connectivity index (χ1) is 15.9. The molecule has 0 spiro atoms. The van der Waals surface area contributed by atoms with Gasteiger partial charge in [-0.05, 0) is 94.9 Å². The van der Waals surface area contributed by atoms with Gasteiger partial charge in [-0.3, -0.25) is 4.79 Å². The van der Waals surface area contributed by atoms with Crippen LogP contribution in [0.2, 0.25) is 0 Å². The van der Waals surface area contributed by atoms with Gasteiger partial charge in [0.15, 0.2) is 6.29 Å². The molecule has 2 aliphatic carbocycles. The van der Waals surface area contributed by atoms with E-state index in [1.165, 1.54) is 16.7 Å². The number of benzene rings is 1. The van der Waals surface area contributed by atoms with E-state index in [0.717, 1.165) is 69.9 Å². The number of piperidine rings is 1. The number of nitrogens with one attached hydrogen (secondary N) is 2. The Bertz CT molecular complexity index is 923. The molecule has 2 N–H and O–H groups in total. The van der Waals surface area contributed by atoms with Gasteiger partial charge in [-0.25, -0.2) is 13.1 Å². The SMILES string of the molecule is Cc1ccc(OCC=O)c(C2CCC(OC[C@@H]3NCCC[C@@H]3NS(=O)(=O)C3CC3)CC2)c1C. The Morgan fingerprint density at radius 1 is 1.09 bits per heavy atom. The van der Waals surface area contributed by atoms with Gasteiger partial charge < -0.3 is 14.8 Å². The van der Waals surface area contributed by atoms with Gasteiger partial charge in [0.05, 0.1) is 18.0 Å². The van der Waals surface area contributed by atoms with Crippen molar-refractivity contribution in [2.24, 2.45) is 0 Å². The molecule has 7 nitrogen and oxygen atoms in total. The van der Waals surface area contributed by atoms with Crippen molar-refractivity contribution in [3.8, 4) is 5.75 Å². The predicted octanol–water partition coefficient (Wildman–Crippen LogP) is 3.13. The predicted molar refractivity (Wildman–Crippen MR) is 128 cm³/mol. The summed E-state index contributed by atoms with van der Waals surface area (Å²) in [7, 11) is -3.20. The van der Waals surface area contributed by atoms with Crippen LogP contribution in [-0.2, 0) is 19.6 Å². The average Bonchev–Trinajstić information content (AvgIpc) is 3.66. The van der Waals surface area contributed by atoms with E-state index in [2.05, 4.69) is 30.0 Å². The zero-order valence-electron chi connectivity index (χ0n) is 19.8. The van der Waals surface area contributed by atoms with Crippen LogP contribution in [0.15, 0.2) is 12.1 Å². The maximum Gasteiger partial charge on any atom is 0.214 e. The molecular weight excluding hydrogens is 440 g/mol. The highest BCUT2D eigenvalue weighted by Gasteiger charge is 2.39. The molecule has 0 radical (unpaired) electrons. The number of carbonyl (C=O) groups is 1. The molecule has 1 heterocycles. The molecule has 1 saturated heterocycles. The summed E-state index contributed by atoms with van der Waals surface area (Å²) in [5, 5.41) is 3.28. The number of aryl methyl sites for hydroxylation is 1. The molecule has 0 unspecified atom stereocenters. The second-order valence-corrected chi connectivity index (χ2v) is 11.9. The monoisotopic (exact) mass is 478 g/mol. The zero-order chi connectivity index (χ0) is 23.4. The third-order valence-corrected chi connectivity index (χ3v) is 9.49. The molecule has 1 aliphatic heterocycles. The molecule has 0 aromatic heterocycles. The minimum atomic E-state index is -3.20. The second-order valence-electron chi connectivity index (χ2n) is 9.88. The van der Waals surface area contributed by atoms with E-state index in [-0.39, 0.29) is 30.0 Å². The zero-order valence-corrected chi connectivity index (χ0v) is 20.7. The molecule has 3 fully saturated rings. The lowest BCUT2D eigenvalue weighted by Gasteiger charge is -2.35. The summed E-state index contributed by atoms with van der Waals surface area (Å²) in [5.74, 6) is 1.23. The third kappa shape index (κ3) is 6.15. The Hall–Kier alpha value is -1.48. The van der Waals surface area contributed by atoms with Gasteiger partial charge >= 0.3 is 0 Å². The average molecular weight is 479 g/mol. The maximum atomic E-state index is 12.4. The van der Waals surface area contributed by atoms with E-state index >= 15 is 0 Å². The summed E-state index contributed by atoms with van der Waals surface area (Å²) in [6.07, 6.45) is 8.35. The van der Waals surface area contributed by atoms with E-state index in [1.807, 2.05) is 6.07 Å². The molecule has 3 aliphatic rings. The van der Waals surface area contributed by atoms with Crippen LogP contribution in [0.1, 0.15) is 74.0 Å². The number of carbonyl (C=O) groups excluding carboxylic acids is 1. The summed E-state index contributed by atoms with van der Waals surface area (Å²) < 4.78 is 39.8. The van der Waals surface area contributed by atoms with Gasteiger partial charge in [0.1, 0.15) is 12.4 Å². The molecular formula is C25H38N2O5S. The Kier molecular flexibility index (Phi) is 8.10.